The highest BCUT2D eigenvalue weighted by Crippen LogP contribution is 2.35. The third-order valence-corrected chi connectivity index (χ3v) is 3.22. The van der Waals surface area contributed by atoms with Crippen molar-refractivity contribution < 1.29 is 17.9 Å². The standard InChI is InChI=1S/C16H15F3N4O/c1-3-10(2)24-14-13(16(17,18)19)9-21-15(23-14)22-12-6-4-11(8-20)5-7-12/h4-7,9-10H,3H2,1-2H3,(H,21,22,23). The van der Waals surface area contributed by atoms with Crippen LogP contribution < -0.4 is 10.1 Å². The van der Waals surface area contributed by atoms with Gasteiger partial charge in [0.25, 0.3) is 0 Å². The van der Waals surface area contributed by atoms with Crippen molar-refractivity contribution in [2.75, 3.05) is 5.32 Å². The maximum absolute atomic E-state index is 13.0. The molecule has 0 saturated heterocycles. The number of rotatable bonds is 5. The van der Waals surface area contributed by atoms with Gasteiger partial charge in [-0.25, -0.2) is 4.98 Å². The summed E-state index contributed by atoms with van der Waals surface area (Å²) < 4.78 is 44.4. The van der Waals surface area contributed by atoms with E-state index in [1.807, 2.05) is 6.07 Å². The summed E-state index contributed by atoms with van der Waals surface area (Å²) in [7, 11) is 0. The molecule has 0 bridgehead atoms. The Morgan fingerprint density at radius 3 is 2.50 bits per heavy atom. The highest BCUT2D eigenvalue weighted by Gasteiger charge is 2.36. The molecule has 0 aliphatic heterocycles. The van der Waals surface area contributed by atoms with Crippen molar-refractivity contribution in [3.63, 3.8) is 0 Å². The van der Waals surface area contributed by atoms with E-state index >= 15 is 0 Å². The highest BCUT2D eigenvalue weighted by atomic mass is 19.4. The normalized spacial score (nSPS) is 12.3. The van der Waals surface area contributed by atoms with Crippen molar-refractivity contribution in [2.24, 2.45) is 0 Å². The highest BCUT2D eigenvalue weighted by molar-refractivity contribution is 5.55. The lowest BCUT2D eigenvalue weighted by Crippen LogP contribution is -2.17. The SMILES string of the molecule is CCC(C)Oc1nc(Nc2ccc(C#N)cc2)ncc1C(F)(F)F. The van der Waals surface area contributed by atoms with E-state index in [1.165, 1.54) is 0 Å². The molecule has 2 aromatic rings. The van der Waals surface area contributed by atoms with Crippen LogP contribution in [0.1, 0.15) is 31.4 Å². The average molecular weight is 336 g/mol. The van der Waals surface area contributed by atoms with Gasteiger partial charge in [-0.3, -0.25) is 0 Å². The Hall–Kier alpha value is -2.82. The first-order valence-corrected chi connectivity index (χ1v) is 7.21. The van der Waals surface area contributed by atoms with Crippen LogP contribution >= 0.6 is 0 Å². The number of nitriles is 1. The first-order chi connectivity index (χ1) is 11.3. The zero-order valence-corrected chi connectivity index (χ0v) is 13.1. The van der Waals surface area contributed by atoms with E-state index in [0.29, 0.717) is 23.9 Å². The molecule has 24 heavy (non-hydrogen) atoms. The number of anilines is 2. The summed E-state index contributed by atoms with van der Waals surface area (Å²) in [5.74, 6) is -0.533. The number of halogens is 3. The predicted octanol–water partition coefficient (Wildman–Crippen LogP) is 4.29. The maximum atomic E-state index is 13.0. The number of nitrogens with zero attached hydrogens (tertiary/aromatic N) is 3. The number of alkyl halides is 3. The number of benzene rings is 1. The third kappa shape index (κ3) is 4.35. The number of nitrogens with one attached hydrogen (secondary N) is 1. The van der Waals surface area contributed by atoms with Crippen molar-refractivity contribution in [3.8, 4) is 11.9 Å². The van der Waals surface area contributed by atoms with Crippen molar-refractivity contribution >= 4 is 11.6 Å². The third-order valence-electron chi connectivity index (χ3n) is 3.22. The Kier molecular flexibility index (Phi) is 5.24. The van der Waals surface area contributed by atoms with Crippen LogP contribution in [-0.4, -0.2) is 16.1 Å². The number of aromatic nitrogens is 2. The largest absolute Gasteiger partial charge is 0.474 e. The van der Waals surface area contributed by atoms with Crippen LogP contribution in [0.25, 0.3) is 0 Å². The van der Waals surface area contributed by atoms with E-state index in [4.69, 9.17) is 10.00 Å². The molecule has 0 saturated carbocycles. The minimum Gasteiger partial charge on any atom is -0.474 e. The zero-order chi connectivity index (χ0) is 17.7. The quantitative estimate of drug-likeness (QED) is 0.882. The number of hydrogen-bond donors (Lipinski definition) is 1. The van der Waals surface area contributed by atoms with Gasteiger partial charge in [0, 0.05) is 11.9 Å². The second kappa shape index (κ2) is 7.17. The molecular weight excluding hydrogens is 321 g/mol. The molecule has 0 amide bonds. The lowest BCUT2D eigenvalue weighted by molar-refractivity contribution is -0.139. The summed E-state index contributed by atoms with van der Waals surface area (Å²) in [6.07, 6.45) is -3.78. The summed E-state index contributed by atoms with van der Waals surface area (Å²) in [6, 6.07) is 8.33. The fraction of sp³-hybridized carbons (Fsp3) is 0.312. The van der Waals surface area contributed by atoms with Gasteiger partial charge in [0.2, 0.25) is 11.8 Å². The number of ether oxygens (including phenoxy) is 1. The van der Waals surface area contributed by atoms with Crippen LogP contribution in [-0.2, 0) is 6.18 Å². The molecule has 0 radical (unpaired) electrons. The molecule has 1 aromatic heterocycles. The summed E-state index contributed by atoms with van der Waals surface area (Å²) >= 11 is 0. The summed E-state index contributed by atoms with van der Waals surface area (Å²) in [6.45, 7) is 3.46. The summed E-state index contributed by atoms with van der Waals surface area (Å²) in [5, 5.41) is 11.5. The Morgan fingerprint density at radius 1 is 1.29 bits per heavy atom. The Labute approximate surface area is 137 Å². The van der Waals surface area contributed by atoms with Crippen LogP contribution in [0.15, 0.2) is 30.5 Å². The first kappa shape index (κ1) is 17.5. The fourth-order valence-corrected chi connectivity index (χ4v) is 1.74. The summed E-state index contributed by atoms with van der Waals surface area (Å²) in [4.78, 5) is 7.53. The van der Waals surface area contributed by atoms with E-state index in [0.717, 1.165) is 0 Å². The molecular formula is C16H15F3N4O. The van der Waals surface area contributed by atoms with E-state index < -0.39 is 23.7 Å². The maximum Gasteiger partial charge on any atom is 0.423 e. The van der Waals surface area contributed by atoms with Gasteiger partial charge in [-0.2, -0.15) is 23.4 Å². The molecule has 1 heterocycles. The molecule has 5 nitrogen and oxygen atoms in total. The first-order valence-electron chi connectivity index (χ1n) is 7.21. The Morgan fingerprint density at radius 2 is 1.96 bits per heavy atom. The molecule has 126 valence electrons. The lowest BCUT2D eigenvalue weighted by atomic mass is 10.2. The lowest BCUT2D eigenvalue weighted by Gasteiger charge is -2.17. The van der Waals surface area contributed by atoms with Gasteiger partial charge in [0.15, 0.2) is 0 Å². The fourth-order valence-electron chi connectivity index (χ4n) is 1.74. The summed E-state index contributed by atoms with van der Waals surface area (Å²) in [5.41, 5.74) is -0.00823. The van der Waals surface area contributed by atoms with Crippen molar-refractivity contribution in [3.05, 3.63) is 41.6 Å². The van der Waals surface area contributed by atoms with Gasteiger partial charge in [0.1, 0.15) is 5.56 Å². The van der Waals surface area contributed by atoms with Gasteiger partial charge in [-0.05, 0) is 37.6 Å². The second-order valence-electron chi connectivity index (χ2n) is 5.06. The van der Waals surface area contributed by atoms with Crippen LogP contribution in [0.4, 0.5) is 24.8 Å². The monoisotopic (exact) mass is 336 g/mol. The van der Waals surface area contributed by atoms with Crippen molar-refractivity contribution in [1.82, 2.24) is 9.97 Å². The van der Waals surface area contributed by atoms with Gasteiger partial charge in [-0.15, -0.1) is 0 Å². The van der Waals surface area contributed by atoms with E-state index in [2.05, 4.69) is 15.3 Å². The van der Waals surface area contributed by atoms with Crippen LogP contribution in [0, 0.1) is 11.3 Å². The molecule has 1 N–H and O–H groups in total. The Balaban J connectivity index is 2.30. The molecule has 1 unspecified atom stereocenters. The topological polar surface area (TPSA) is 70.8 Å². The van der Waals surface area contributed by atoms with E-state index in [1.54, 1.807) is 38.1 Å². The minimum absolute atomic E-state index is 0.0222. The second-order valence-corrected chi connectivity index (χ2v) is 5.06. The molecule has 1 atom stereocenters. The van der Waals surface area contributed by atoms with Crippen LogP contribution in [0.2, 0.25) is 0 Å². The van der Waals surface area contributed by atoms with Gasteiger partial charge in [0.05, 0.1) is 17.7 Å². The molecule has 2 rings (SSSR count). The van der Waals surface area contributed by atoms with Crippen molar-refractivity contribution in [1.29, 1.82) is 5.26 Å². The number of hydrogen-bond acceptors (Lipinski definition) is 5. The zero-order valence-electron chi connectivity index (χ0n) is 13.1. The van der Waals surface area contributed by atoms with Gasteiger partial charge in [-0.1, -0.05) is 6.92 Å². The smallest absolute Gasteiger partial charge is 0.423 e. The predicted molar refractivity (Wildman–Crippen MR) is 81.9 cm³/mol. The van der Waals surface area contributed by atoms with Gasteiger partial charge >= 0.3 is 6.18 Å². The molecule has 0 aliphatic rings. The molecule has 0 aliphatic carbocycles. The Bertz CT molecular complexity index is 738. The van der Waals surface area contributed by atoms with E-state index in [-0.39, 0.29) is 5.95 Å². The molecule has 8 heteroatoms. The average Bonchev–Trinajstić information content (AvgIpc) is 2.54. The van der Waals surface area contributed by atoms with Gasteiger partial charge < -0.3 is 10.1 Å². The molecule has 0 fully saturated rings. The van der Waals surface area contributed by atoms with Crippen LogP contribution in [0.3, 0.4) is 0 Å². The molecule has 0 spiro atoms. The minimum atomic E-state index is -4.60. The molecule has 1 aromatic carbocycles. The van der Waals surface area contributed by atoms with E-state index in [9.17, 15) is 13.2 Å². The van der Waals surface area contributed by atoms with Crippen molar-refractivity contribution in [2.45, 2.75) is 32.5 Å². The van der Waals surface area contributed by atoms with Crippen LogP contribution in [0.5, 0.6) is 5.88 Å².